The summed E-state index contributed by atoms with van der Waals surface area (Å²) >= 11 is 0. The van der Waals surface area contributed by atoms with Gasteiger partial charge in [-0.2, -0.15) is 0 Å². The third-order valence-electron chi connectivity index (χ3n) is 2.20. The van der Waals surface area contributed by atoms with Gasteiger partial charge in [-0.3, -0.25) is 4.79 Å². The highest BCUT2D eigenvalue weighted by Crippen LogP contribution is 2.13. The van der Waals surface area contributed by atoms with Crippen molar-refractivity contribution in [1.29, 1.82) is 0 Å². The Balaban J connectivity index is 2.65. The zero-order chi connectivity index (χ0) is 12.0. The quantitative estimate of drug-likeness (QED) is 0.428. The van der Waals surface area contributed by atoms with E-state index in [0.717, 1.165) is 5.56 Å². The zero-order valence-electron chi connectivity index (χ0n) is 9.30. The summed E-state index contributed by atoms with van der Waals surface area (Å²) in [5, 5.41) is 0. The van der Waals surface area contributed by atoms with Crippen LogP contribution in [0.15, 0.2) is 30.3 Å². The second-order valence-electron chi connectivity index (χ2n) is 3.49. The van der Waals surface area contributed by atoms with Gasteiger partial charge in [0.05, 0.1) is 13.7 Å². The third-order valence-corrected chi connectivity index (χ3v) is 2.20. The molecule has 0 aliphatic rings. The highest BCUT2D eigenvalue weighted by atomic mass is 16.6. The smallest absolute Gasteiger partial charge is 0.345 e. The normalized spacial score (nSPS) is 13.9. The number of hydrogen-bond donors (Lipinski definition) is 0. The van der Waals surface area contributed by atoms with Crippen LogP contribution in [0.1, 0.15) is 12.5 Å². The Morgan fingerprint density at radius 1 is 1.38 bits per heavy atom. The van der Waals surface area contributed by atoms with Gasteiger partial charge in [0.25, 0.3) is 0 Å². The van der Waals surface area contributed by atoms with Crippen LogP contribution in [0.4, 0.5) is 0 Å². The molecule has 4 nitrogen and oxygen atoms in total. The van der Waals surface area contributed by atoms with Gasteiger partial charge < -0.3 is 9.47 Å². The first-order valence-electron chi connectivity index (χ1n) is 4.85. The lowest BCUT2D eigenvalue weighted by atomic mass is 10.1. The van der Waals surface area contributed by atoms with Crippen molar-refractivity contribution in [3.05, 3.63) is 35.9 Å². The maximum absolute atomic E-state index is 11.3. The van der Waals surface area contributed by atoms with E-state index >= 15 is 0 Å². The molecule has 0 amide bonds. The summed E-state index contributed by atoms with van der Waals surface area (Å²) in [6, 6.07) is 9.29. The van der Waals surface area contributed by atoms with Gasteiger partial charge in [-0.15, -0.1) is 0 Å². The summed E-state index contributed by atoms with van der Waals surface area (Å²) < 4.78 is 9.77. The van der Waals surface area contributed by atoms with Crippen molar-refractivity contribution in [2.24, 2.45) is 0 Å². The number of rotatable bonds is 5. The third kappa shape index (κ3) is 2.90. The lowest BCUT2D eigenvalue weighted by Gasteiger charge is -2.20. The largest absolute Gasteiger partial charge is 0.467 e. The molecule has 1 aromatic rings. The van der Waals surface area contributed by atoms with Crippen LogP contribution in [-0.2, 0) is 25.7 Å². The van der Waals surface area contributed by atoms with E-state index in [1.165, 1.54) is 14.0 Å². The Hall–Kier alpha value is -1.68. The molecule has 1 rings (SSSR count). The fourth-order valence-electron chi connectivity index (χ4n) is 1.15. The van der Waals surface area contributed by atoms with Gasteiger partial charge in [0.1, 0.15) is 0 Å². The van der Waals surface area contributed by atoms with Gasteiger partial charge in [0.2, 0.25) is 5.60 Å². The minimum atomic E-state index is -1.54. The molecule has 0 radical (unpaired) electrons. The van der Waals surface area contributed by atoms with Crippen LogP contribution in [-0.4, -0.2) is 25.0 Å². The first kappa shape index (κ1) is 12.4. The van der Waals surface area contributed by atoms with Crippen LogP contribution in [0.25, 0.3) is 0 Å². The van der Waals surface area contributed by atoms with Crippen molar-refractivity contribution in [3.63, 3.8) is 0 Å². The van der Waals surface area contributed by atoms with Crippen molar-refractivity contribution in [1.82, 2.24) is 0 Å². The van der Waals surface area contributed by atoms with Crippen LogP contribution in [0.5, 0.6) is 0 Å². The summed E-state index contributed by atoms with van der Waals surface area (Å²) in [6.45, 7) is 1.57. The van der Waals surface area contributed by atoms with E-state index in [4.69, 9.17) is 4.74 Å². The van der Waals surface area contributed by atoms with Crippen molar-refractivity contribution < 1.29 is 19.1 Å². The molecule has 0 saturated heterocycles. The van der Waals surface area contributed by atoms with E-state index < -0.39 is 11.6 Å². The average Bonchev–Trinajstić information content (AvgIpc) is 2.36. The Morgan fingerprint density at radius 2 is 2.00 bits per heavy atom. The predicted molar refractivity (Wildman–Crippen MR) is 57.7 cm³/mol. The minimum Gasteiger partial charge on any atom is -0.467 e. The van der Waals surface area contributed by atoms with Crippen LogP contribution in [0.2, 0.25) is 0 Å². The molecule has 16 heavy (non-hydrogen) atoms. The summed E-state index contributed by atoms with van der Waals surface area (Å²) in [5.41, 5.74) is -0.649. The van der Waals surface area contributed by atoms with Gasteiger partial charge in [-0.1, -0.05) is 30.3 Å². The fraction of sp³-hybridized carbons (Fsp3) is 0.333. The van der Waals surface area contributed by atoms with Crippen LogP contribution in [0, 0.1) is 0 Å². The standard InChI is InChI=1S/C12H14O4/c1-12(9-13,11(14)15-2)16-8-10-6-4-3-5-7-10/h3-7,9H,8H2,1-2H3/t12-/m1/s1. The second kappa shape index (κ2) is 5.42. The molecular formula is C12H14O4. The molecule has 0 fully saturated rings. The molecule has 1 atom stereocenters. The number of aldehydes is 1. The van der Waals surface area contributed by atoms with Crippen molar-refractivity contribution >= 4 is 12.3 Å². The number of hydrogen-bond acceptors (Lipinski definition) is 4. The SMILES string of the molecule is COC(=O)[C@@](C)(C=O)OCc1ccccc1. The number of carbonyl (C=O) groups is 2. The van der Waals surface area contributed by atoms with Crippen LogP contribution in [0.3, 0.4) is 0 Å². The average molecular weight is 222 g/mol. The summed E-state index contributed by atoms with van der Waals surface area (Å²) in [6.07, 6.45) is 0.446. The van der Waals surface area contributed by atoms with E-state index in [0.29, 0.717) is 6.29 Å². The number of ether oxygens (including phenoxy) is 2. The molecule has 0 aliphatic heterocycles. The number of benzene rings is 1. The van der Waals surface area contributed by atoms with E-state index in [1.807, 2.05) is 30.3 Å². The minimum absolute atomic E-state index is 0.186. The summed E-state index contributed by atoms with van der Waals surface area (Å²) in [5.74, 6) is -0.696. The maximum atomic E-state index is 11.3. The highest BCUT2D eigenvalue weighted by molar-refractivity contribution is 5.96. The van der Waals surface area contributed by atoms with Gasteiger partial charge >= 0.3 is 5.97 Å². The molecule has 0 aromatic heterocycles. The Bertz CT molecular complexity index is 361. The Morgan fingerprint density at radius 3 is 2.50 bits per heavy atom. The lowest BCUT2D eigenvalue weighted by Crippen LogP contribution is -2.40. The molecule has 0 bridgehead atoms. The van der Waals surface area contributed by atoms with Crippen molar-refractivity contribution in [2.45, 2.75) is 19.1 Å². The van der Waals surface area contributed by atoms with Gasteiger partial charge in [-0.05, 0) is 12.5 Å². The Kier molecular flexibility index (Phi) is 4.19. The topological polar surface area (TPSA) is 52.6 Å². The molecule has 0 heterocycles. The second-order valence-corrected chi connectivity index (χ2v) is 3.49. The first-order chi connectivity index (χ1) is 7.62. The van der Waals surface area contributed by atoms with Gasteiger partial charge in [0, 0.05) is 0 Å². The van der Waals surface area contributed by atoms with Crippen molar-refractivity contribution in [2.75, 3.05) is 7.11 Å². The maximum Gasteiger partial charge on any atom is 0.345 e. The molecule has 1 aromatic carbocycles. The molecule has 0 saturated carbocycles. The number of methoxy groups -OCH3 is 1. The molecule has 0 N–H and O–H groups in total. The van der Waals surface area contributed by atoms with Crippen LogP contribution >= 0.6 is 0 Å². The number of esters is 1. The predicted octanol–water partition coefficient (Wildman–Crippen LogP) is 1.33. The van der Waals surface area contributed by atoms with E-state index in [-0.39, 0.29) is 6.61 Å². The van der Waals surface area contributed by atoms with Crippen molar-refractivity contribution in [3.8, 4) is 0 Å². The van der Waals surface area contributed by atoms with Gasteiger partial charge in [-0.25, -0.2) is 4.79 Å². The summed E-state index contributed by atoms with van der Waals surface area (Å²) in [7, 11) is 1.22. The highest BCUT2D eigenvalue weighted by Gasteiger charge is 2.35. The van der Waals surface area contributed by atoms with E-state index in [9.17, 15) is 9.59 Å². The molecule has 86 valence electrons. The number of carbonyl (C=O) groups excluding carboxylic acids is 2. The monoisotopic (exact) mass is 222 g/mol. The zero-order valence-corrected chi connectivity index (χ0v) is 9.30. The molecule has 0 unspecified atom stereocenters. The Labute approximate surface area is 94.2 Å². The van der Waals surface area contributed by atoms with E-state index in [2.05, 4.69) is 4.74 Å². The van der Waals surface area contributed by atoms with Gasteiger partial charge in [0.15, 0.2) is 6.29 Å². The summed E-state index contributed by atoms with van der Waals surface area (Å²) in [4.78, 5) is 22.1. The fourth-order valence-corrected chi connectivity index (χ4v) is 1.15. The van der Waals surface area contributed by atoms with E-state index in [1.54, 1.807) is 0 Å². The molecule has 0 spiro atoms. The van der Waals surface area contributed by atoms with Crippen LogP contribution < -0.4 is 0 Å². The molecule has 0 aliphatic carbocycles. The lowest BCUT2D eigenvalue weighted by molar-refractivity contribution is -0.169. The first-order valence-corrected chi connectivity index (χ1v) is 4.85. The molecular weight excluding hydrogens is 208 g/mol. The molecule has 4 heteroatoms.